The molecule has 0 unspecified atom stereocenters. The van der Waals surface area contributed by atoms with Crippen LogP contribution in [0.2, 0.25) is 0 Å². The van der Waals surface area contributed by atoms with E-state index in [9.17, 15) is 9.59 Å². The Morgan fingerprint density at radius 3 is 2.71 bits per heavy atom. The number of ether oxygens (including phenoxy) is 1. The Labute approximate surface area is 130 Å². The number of carbonyl (C=O) groups is 2. The van der Waals surface area contributed by atoms with Gasteiger partial charge in [-0.1, -0.05) is 30.3 Å². The van der Waals surface area contributed by atoms with Crippen molar-refractivity contribution in [2.24, 2.45) is 0 Å². The number of imide groups is 1. The molecule has 2 aromatic carbocycles. The van der Waals surface area contributed by atoms with Crippen LogP contribution in [0.1, 0.15) is 6.92 Å². The van der Waals surface area contributed by atoms with Crippen molar-refractivity contribution in [3.05, 3.63) is 40.9 Å². The molecule has 21 heavy (non-hydrogen) atoms. The molecule has 0 aromatic heterocycles. The van der Waals surface area contributed by atoms with E-state index in [4.69, 9.17) is 4.74 Å². The molecule has 0 saturated carbocycles. The molecule has 0 aliphatic carbocycles. The lowest BCUT2D eigenvalue weighted by atomic mass is 10.1. The van der Waals surface area contributed by atoms with E-state index < -0.39 is 11.9 Å². The summed E-state index contributed by atoms with van der Waals surface area (Å²) in [5.74, 6) is 0.0563. The summed E-state index contributed by atoms with van der Waals surface area (Å²) in [6.45, 7) is 2.00. The van der Waals surface area contributed by atoms with Crippen molar-refractivity contribution in [1.82, 2.24) is 10.6 Å². The third kappa shape index (κ3) is 3.95. The average molecular weight is 351 g/mol. The number of halogens is 1. The largest absolute Gasteiger partial charge is 0.483 e. The molecule has 0 heterocycles. The van der Waals surface area contributed by atoms with Crippen LogP contribution in [-0.4, -0.2) is 25.1 Å². The van der Waals surface area contributed by atoms with Crippen molar-refractivity contribution in [1.29, 1.82) is 0 Å². The molecule has 2 N–H and O–H groups in total. The van der Waals surface area contributed by atoms with Gasteiger partial charge in [0.15, 0.2) is 6.61 Å². The Hall–Kier alpha value is -2.08. The van der Waals surface area contributed by atoms with Crippen molar-refractivity contribution in [3.63, 3.8) is 0 Å². The maximum absolute atomic E-state index is 11.6. The molecule has 0 bridgehead atoms. The van der Waals surface area contributed by atoms with Crippen molar-refractivity contribution < 1.29 is 14.3 Å². The summed E-state index contributed by atoms with van der Waals surface area (Å²) < 4.78 is 6.23. The van der Waals surface area contributed by atoms with Crippen molar-refractivity contribution in [2.75, 3.05) is 13.2 Å². The zero-order chi connectivity index (χ0) is 15.2. The molecule has 0 fully saturated rings. The van der Waals surface area contributed by atoms with E-state index in [1.807, 2.05) is 30.3 Å². The van der Waals surface area contributed by atoms with Gasteiger partial charge < -0.3 is 10.1 Å². The summed E-state index contributed by atoms with van der Waals surface area (Å²) in [6.07, 6.45) is 0. The molecule has 0 aliphatic rings. The highest BCUT2D eigenvalue weighted by molar-refractivity contribution is 9.10. The minimum absolute atomic E-state index is 0.228. The van der Waals surface area contributed by atoms with Gasteiger partial charge in [0.1, 0.15) is 5.75 Å². The van der Waals surface area contributed by atoms with Crippen LogP contribution in [0, 0.1) is 0 Å². The molecule has 0 radical (unpaired) electrons. The second-order valence-electron chi connectivity index (χ2n) is 4.30. The summed E-state index contributed by atoms with van der Waals surface area (Å²) >= 11 is 3.47. The fraction of sp³-hybridized carbons (Fsp3) is 0.200. The van der Waals surface area contributed by atoms with E-state index in [2.05, 4.69) is 26.6 Å². The Balaban J connectivity index is 2.02. The first kappa shape index (κ1) is 15.3. The lowest BCUT2D eigenvalue weighted by molar-refractivity contribution is -0.122. The average Bonchev–Trinajstić information content (AvgIpc) is 2.47. The lowest BCUT2D eigenvalue weighted by Gasteiger charge is -2.10. The SMILES string of the molecule is CCNC(=O)NC(=O)COc1ccc2ccccc2c1Br. The number of amides is 3. The Morgan fingerprint density at radius 2 is 1.95 bits per heavy atom. The third-order valence-electron chi connectivity index (χ3n) is 2.78. The van der Waals surface area contributed by atoms with Crippen LogP contribution in [-0.2, 0) is 4.79 Å². The Kier molecular flexibility index (Phi) is 5.16. The van der Waals surface area contributed by atoms with Crippen LogP contribution in [0.4, 0.5) is 4.79 Å². The molecule has 2 aromatic rings. The monoisotopic (exact) mass is 350 g/mol. The van der Waals surface area contributed by atoms with Crippen molar-refractivity contribution >= 4 is 38.6 Å². The van der Waals surface area contributed by atoms with E-state index in [1.165, 1.54) is 0 Å². The van der Waals surface area contributed by atoms with Crippen molar-refractivity contribution in [2.45, 2.75) is 6.92 Å². The van der Waals surface area contributed by atoms with Crippen LogP contribution in [0.5, 0.6) is 5.75 Å². The van der Waals surface area contributed by atoms with E-state index in [0.29, 0.717) is 12.3 Å². The molecular formula is C15H15BrN2O3. The molecular weight excluding hydrogens is 336 g/mol. The molecule has 2 rings (SSSR count). The normalized spacial score (nSPS) is 10.2. The van der Waals surface area contributed by atoms with Crippen LogP contribution < -0.4 is 15.4 Å². The topological polar surface area (TPSA) is 67.4 Å². The quantitative estimate of drug-likeness (QED) is 0.890. The predicted octanol–water partition coefficient (Wildman–Crippen LogP) is 2.83. The maximum atomic E-state index is 11.6. The molecule has 110 valence electrons. The highest BCUT2D eigenvalue weighted by atomic mass is 79.9. The third-order valence-corrected chi connectivity index (χ3v) is 3.59. The maximum Gasteiger partial charge on any atom is 0.321 e. The number of hydrogen-bond acceptors (Lipinski definition) is 3. The van der Waals surface area contributed by atoms with Crippen LogP contribution >= 0.6 is 15.9 Å². The van der Waals surface area contributed by atoms with Crippen LogP contribution in [0.3, 0.4) is 0 Å². The van der Waals surface area contributed by atoms with Gasteiger partial charge in [-0.2, -0.15) is 0 Å². The predicted molar refractivity (Wildman–Crippen MR) is 84.4 cm³/mol. The molecule has 0 atom stereocenters. The Morgan fingerprint density at radius 1 is 1.19 bits per heavy atom. The number of carbonyl (C=O) groups excluding carboxylic acids is 2. The van der Waals surface area contributed by atoms with Crippen molar-refractivity contribution in [3.8, 4) is 5.75 Å². The second-order valence-corrected chi connectivity index (χ2v) is 5.09. The summed E-state index contributed by atoms with van der Waals surface area (Å²) in [4.78, 5) is 22.8. The first-order valence-corrected chi connectivity index (χ1v) is 7.29. The lowest BCUT2D eigenvalue weighted by Crippen LogP contribution is -2.41. The number of fused-ring (bicyclic) bond motifs is 1. The van der Waals surface area contributed by atoms with E-state index in [0.717, 1.165) is 15.2 Å². The van der Waals surface area contributed by atoms with Gasteiger partial charge in [-0.3, -0.25) is 10.1 Å². The summed E-state index contributed by atoms with van der Waals surface area (Å²) in [5.41, 5.74) is 0. The van der Waals surface area contributed by atoms with E-state index >= 15 is 0 Å². The van der Waals surface area contributed by atoms with Gasteiger partial charge in [-0.25, -0.2) is 4.79 Å². The minimum atomic E-state index is -0.524. The molecule has 5 nitrogen and oxygen atoms in total. The van der Waals surface area contributed by atoms with Gasteiger partial charge in [0.25, 0.3) is 5.91 Å². The summed E-state index contributed by atoms with van der Waals surface area (Å²) in [6, 6.07) is 11.0. The Bertz CT molecular complexity index is 673. The van der Waals surface area contributed by atoms with Gasteiger partial charge in [0.2, 0.25) is 0 Å². The highest BCUT2D eigenvalue weighted by Crippen LogP contribution is 2.32. The van der Waals surface area contributed by atoms with Crippen LogP contribution in [0.15, 0.2) is 40.9 Å². The number of urea groups is 1. The molecule has 6 heteroatoms. The number of rotatable bonds is 4. The molecule has 0 aliphatic heterocycles. The van der Waals surface area contributed by atoms with Gasteiger partial charge in [-0.05, 0) is 39.7 Å². The number of hydrogen-bond donors (Lipinski definition) is 2. The summed E-state index contributed by atoms with van der Waals surface area (Å²) in [7, 11) is 0. The zero-order valence-electron chi connectivity index (χ0n) is 11.5. The minimum Gasteiger partial charge on any atom is -0.483 e. The zero-order valence-corrected chi connectivity index (χ0v) is 13.1. The first-order valence-electron chi connectivity index (χ1n) is 6.49. The molecule has 0 spiro atoms. The first-order chi connectivity index (χ1) is 10.1. The highest BCUT2D eigenvalue weighted by Gasteiger charge is 2.10. The molecule has 0 saturated heterocycles. The van der Waals surface area contributed by atoms with Gasteiger partial charge in [-0.15, -0.1) is 0 Å². The number of nitrogens with one attached hydrogen (secondary N) is 2. The number of benzene rings is 2. The van der Waals surface area contributed by atoms with Crippen LogP contribution in [0.25, 0.3) is 10.8 Å². The van der Waals surface area contributed by atoms with Gasteiger partial charge in [0.05, 0.1) is 4.47 Å². The standard InChI is InChI=1S/C15H15BrN2O3/c1-2-17-15(20)18-13(19)9-21-12-8-7-10-5-3-4-6-11(10)14(12)16/h3-8H,2,9H2,1H3,(H2,17,18,19,20). The summed E-state index contributed by atoms with van der Waals surface area (Å²) in [5, 5.41) is 6.72. The van der Waals surface area contributed by atoms with E-state index in [-0.39, 0.29) is 6.61 Å². The fourth-order valence-corrected chi connectivity index (χ4v) is 2.44. The second kappa shape index (κ2) is 7.08. The smallest absolute Gasteiger partial charge is 0.321 e. The van der Waals surface area contributed by atoms with Gasteiger partial charge in [0, 0.05) is 6.54 Å². The van der Waals surface area contributed by atoms with Gasteiger partial charge >= 0.3 is 6.03 Å². The fourth-order valence-electron chi connectivity index (χ4n) is 1.84. The van der Waals surface area contributed by atoms with E-state index in [1.54, 1.807) is 13.0 Å². The molecule has 3 amide bonds.